The summed E-state index contributed by atoms with van der Waals surface area (Å²) in [4.78, 5) is 174. The summed E-state index contributed by atoms with van der Waals surface area (Å²) >= 11 is 0. The van der Waals surface area contributed by atoms with Gasteiger partial charge in [-0.1, -0.05) is 116 Å². The summed E-state index contributed by atoms with van der Waals surface area (Å²) in [5.41, 5.74) is 0. The Morgan fingerprint density at radius 1 is 0.420 bits per heavy atom. The van der Waals surface area contributed by atoms with Crippen molar-refractivity contribution in [3.8, 4) is 0 Å². The summed E-state index contributed by atoms with van der Waals surface area (Å²) in [6, 6.07) is -12.8. The average Bonchev–Trinajstić information content (AvgIpc) is 1.28. The average molecular weight is 1250 g/mol. The number of amides is 11. The van der Waals surface area contributed by atoms with Crippen molar-refractivity contribution in [2.75, 3.05) is 55.9 Å². The molecule has 0 spiro atoms. The maximum Gasteiger partial charge on any atom is 0.246 e. The second-order valence-corrected chi connectivity index (χ2v) is 27.1. The van der Waals surface area contributed by atoms with Gasteiger partial charge < -0.3 is 60.7 Å². The van der Waals surface area contributed by atoms with Crippen LogP contribution in [-0.4, -0.2) is 238 Å². The summed E-state index contributed by atoms with van der Waals surface area (Å²) in [5.74, 6) is -11.2. The number of aliphatic hydroxyl groups is 1. The van der Waals surface area contributed by atoms with E-state index in [0.29, 0.717) is 0 Å². The summed E-state index contributed by atoms with van der Waals surface area (Å²) in [5, 5.41) is 32.5. The Kier molecular flexibility index (Phi) is 32.5. The predicted molar refractivity (Wildman–Crippen MR) is 336 cm³/mol. The summed E-state index contributed by atoms with van der Waals surface area (Å²) in [7, 11) is 9.74. The number of nitrogens with zero attached hydrogens (tertiary/aromatic N) is 7. The van der Waals surface area contributed by atoms with Crippen LogP contribution in [0.2, 0.25) is 0 Å². The lowest BCUT2D eigenvalue weighted by Gasteiger charge is -2.41. The number of likely N-dealkylation sites (N-methyl/N-ethyl adjacent to an activating group) is 7. The minimum Gasteiger partial charge on any atom is -0.390 e. The van der Waals surface area contributed by atoms with E-state index in [9.17, 15) is 53.5 Å². The van der Waals surface area contributed by atoms with E-state index in [-0.39, 0.29) is 49.4 Å². The molecule has 1 aliphatic rings. The molecule has 1 aliphatic heterocycles. The molecule has 0 aliphatic carbocycles. The van der Waals surface area contributed by atoms with E-state index in [1.54, 1.807) is 48.5 Å². The number of rotatable bonds is 16. The Morgan fingerprint density at radius 3 is 1.24 bits per heavy atom. The minimum atomic E-state index is -1.75. The van der Waals surface area contributed by atoms with Gasteiger partial charge in [0.05, 0.1) is 12.6 Å². The van der Waals surface area contributed by atoms with Gasteiger partial charge in [0.15, 0.2) is 0 Å². The van der Waals surface area contributed by atoms with Crippen LogP contribution in [0.1, 0.15) is 150 Å². The molecule has 13 unspecified atom stereocenters. The van der Waals surface area contributed by atoms with Gasteiger partial charge in [0.25, 0.3) is 0 Å². The number of hydrogen-bond donors (Lipinski definition) is 6. The first-order chi connectivity index (χ1) is 40.5. The molecule has 0 radical (unpaired) electrons. The molecule has 504 valence electrons. The topological polar surface area (TPSA) is 308 Å². The molecule has 6 N–H and O–H groups in total. The van der Waals surface area contributed by atoms with Gasteiger partial charge in [0.2, 0.25) is 65.0 Å². The van der Waals surface area contributed by atoms with E-state index >= 15 is 9.59 Å². The maximum absolute atomic E-state index is 15.2. The molecule has 1 heterocycles. The van der Waals surface area contributed by atoms with Gasteiger partial charge in [0, 0.05) is 55.3 Å². The zero-order valence-corrected chi connectivity index (χ0v) is 57.7. The molecule has 1 fully saturated rings. The van der Waals surface area contributed by atoms with Crippen molar-refractivity contribution in [3.05, 3.63) is 12.2 Å². The molecule has 0 aromatic heterocycles. The molecular weight excluding hydrogens is 1130 g/mol. The lowest BCUT2D eigenvalue weighted by molar-refractivity contribution is -0.261. The maximum atomic E-state index is 15.2. The highest BCUT2D eigenvalue weighted by Crippen LogP contribution is 2.26. The molecule has 25 nitrogen and oxygen atoms in total. The fourth-order valence-electron chi connectivity index (χ4n) is 10.8. The summed E-state index contributed by atoms with van der Waals surface area (Å²) in [6.07, 6.45) is 0.911. The number of nitrogens with one attached hydrogen (secondary N) is 4. The van der Waals surface area contributed by atoms with Gasteiger partial charge in [-0.3, -0.25) is 58.0 Å². The van der Waals surface area contributed by atoms with Crippen molar-refractivity contribution in [1.29, 1.82) is 0 Å². The van der Waals surface area contributed by atoms with Crippen LogP contribution in [0.4, 0.5) is 0 Å². The first-order valence-electron chi connectivity index (χ1n) is 31.2. The van der Waals surface area contributed by atoms with Crippen molar-refractivity contribution < 1.29 is 68.0 Å². The zero-order chi connectivity index (χ0) is 68.4. The third kappa shape index (κ3) is 22.4. The van der Waals surface area contributed by atoms with Crippen LogP contribution in [0.25, 0.3) is 0 Å². The largest absolute Gasteiger partial charge is 0.390 e. The molecule has 88 heavy (non-hydrogen) atoms. The first kappa shape index (κ1) is 79.8. The molecule has 0 bridgehead atoms. The van der Waals surface area contributed by atoms with Crippen molar-refractivity contribution >= 4 is 65.0 Å². The van der Waals surface area contributed by atoms with Crippen LogP contribution in [0, 0.1) is 47.3 Å². The van der Waals surface area contributed by atoms with Crippen LogP contribution in [0.15, 0.2) is 12.2 Å². The van der Waals surface area contributed by atoms with E-state index in [1.165, 1.54) is 107 Å². The number of carbonyl (C=O) groups excluding carboxylic acids is 11. The van der Waals surface area contributed by atoms with E-state index in [0.717, 1.165) is 9.80 Å². The molecule has 1 saturated heterocycles. The van der Waals surface area contributed by atoms with Crippen LogP contribution >= 0.6 is 0 Å². The zero-order valence-electron chi connectivity index (χ0n) is 57.7. The van der Waals surface area contributed by atoms with E-state index in [2.05, 4.69) is 26.2 Å². The predicted octanol–water partition coefficient (Wildman–Crippen LogP) is 2.98. The second-order valence-electron chi connectivity index (χ2n) is 27.1. The molecule has 13 atom stereocenters. The quantitative estimate of drug-likeness (QED) is 0.0736. The Morgan fingerprint density at radius 2 is 0.795 bits per heavy atom. The third-order valence-electron chi connectivity index (χ3n) is 16.3. The summed E-state index contributed by atoms with van der Waals surface area (Å²) < 4.78 is 0. The molecule has 0 saturated carbocycles. The second kappa shape index (κ2) is 35.8. The highest BCUT2D eigenvalue weighted by Gasteiger charge is 2.46. The Hall–Kier alpha value is -6.21. The van der Waals surface area contributed by atoms with E-state index in [1.807, 2.05) is 55.4 Å². The fourth-order valence-corrected chi connectivity index (χ4v) is 10.8. The van der Waals surface area contributed by atoms with Crippen LogP contribution in [0.5, 0.6) is 0 Å². The van der Waals surface area contributed by atoms with Gasteiger partial charge in [0.1, 0.15) is 66.5 Å². The Bertz CT molecular complexity index is 2420. The first-order valence-corrected chi connectivity index (χ1v) is 31.2. The lowest BCUT2D eigenvalue weighted by Crippen LogP contribution is -2.64. The van der Waals surface area contributed by atoms with Crippen LogP contribution < -0.4 is 21.3 Å². The monoisotopic (exact) mass is 1250 g/mol. The van der Waals surface area contributed by atoms with Crippen LogP contribution in [0.3, 0.4) is 0 Å². The van der Waals surface area contributed by atoms with Gasteiger partial charge in [-0.25, -0.2) is 4.89 Å². The standard InChI is InChI=1S/C63H113N11O14/c1-33(2)28-44-56(79)66-50(38(11)12)62(85)70(21)45(29-34(3)4)55(78)64-42(17)54(77)65-43(18)58(81)71(22)46(30-35(5)6)59(82)72(23)47(31-36(7)8)60(83)73(24)51(39(13)14)63(86)74(25)52(53(76)40(15)26-27-41(16)88-87)57(80)67-49(37(9)10)61(84)68(19)32-48(75)69(44)20/h26-27,33-47,49-53,76,87H,28-32H2,1-25H3,(H,64,78)(H,65,77)(H,66,79)(H,67,80). The van der Waals surface area contributed by atoms with Crippen molar-refractivity contribution in [2.45, 2.75) is 223 Å². The molecule has 25 heteroatoms. The van der Waals surface area contributed by atoms with Gasteiger partial charge >= 0.3 is 0 Å². The van der Waals surface area contributed by atoms with Gasteiger partial charge in [-0.05, 0) is 87.9 Å². The minimum absolute atomic E-state index is 0.112. The van der Waals surface area contributed by atoms with Gasteiger partial charge in [-0.2, -0.15) is 0 Å². The smallest absolute Gasteiger partial charge is 0.246 e. The number of carbonyl (C=O) groups is 11. The van der Waals surface area contributed by atoms with E-state index in [4.69, 9.17) is 0 Å². The third-order valence-corrected chi connectivity index (χ3v) is 16.3. The SMILES string of the molecule is CC(C)CC1C(=O)NC(C(C)C)C(=O)N(C)C(CC(C)C)C(=O)NC(C)C(=O)NC(C)C(=O)N(C)C(CC(C)C)C(=O)N(C)C(CC(C)C)C(=O)N(C)C(C(C)C)C(=O)N(C)C(C(O)C(C)C=CC(C)OO)C(=O)NC(C(C)C)C(=O)N(C)CC(=O)N1C. The normalized spacial score (nSPS) is 26.8. The Labute approximate surface area is 525 Å². The van der Waals surface area contributed by atoms with E-state index < -0.39 is 168 Å². The number of aliphatic hydroxyl groups excluding tert-OH is 1. The van der Waals surface area contributed by atoms with Gasteiger partial charge in [-0.15, -0.1) is 0 Å². The Balaban J connectivity index is 4.41. The molecule has 0 aromatic rings. The van der Waals surface area contributed by atoms with Crippen LogP contribution in [-0.2, 0) is 57.6 Å². The highest BCUT2D eigenvalue weighted by atomic mass is 17.1. The summed E-state index contributed by atoms with van der Waals surface area (Å²) in [6.45, 7) is 30.3. The number of hydrogen-bond acceptors (Lipinski definition) is 14. The van der Waals surface area contributed by atoms with Crippen molar-refractivity contribution in [2.24, 2.45) is 47.3 Å². The van der Waals surface area contributed by atoms with Crippen molar-refractivity contribution in [3.63, 3.8) is 0 Å². The molecule has 0 aromatic carbocycles. The highest BCUT2D eigenvalue weighted by molar-refractivity contribution is 5.99. The lowest BCUT2D eigenvalue weighted by atomic mass is 9.92. The fraction of sp³-hybridized carbons (Fsp3) is 0.794. The molecule has 11 amide bonds. The van der Waals surface area contributed by atoms with Crippen molar-refractivity contribution in [1.82, 2.24) is 55.6 Å². The molecular formula is C63H113N11O14. The molecule has 1 rings (SSSR count).